The lowest BCUT2D eigenvalue weighted by molar-refractivity contribution is -0.128. The maximum atomic E-state index is 12.1. The quantitative estimate of drug-likeness (QED) is 0.750. The van der Waals surface area contributed by atoms with Gasteiger partial charge in [0.2, 0.25) is 0 Å². The summed E-state index contributed by atoms with van der Waals surface area (Å²) in [6.07, 6.45) is 1.62. The van der Waals surface area contributed by atoms with E-state index in [4.69, 9.17) is 10.5 Å². The van der Waals surface area contributed by atoms with Crippen LogP contribution in [0, 0.1) is 5.92 Å². The Bertz CT molecular complexity index is 532. The molecule has 2 rings (SSSR count). The topological polar surface area (TPSA) is 81.4 Å². The molecule has 2 atom stereocenters. The number of hydrogen-bond donors (Lipinski definition) is 2. The van der Waals surface area contributed by atoms with E-state index in [1.165, 1.54) is 6.92 Å². The lowest BCUT2D eigenvalue weighted by Crippen LogP contribution is -2.46. The van der Waals surface area contributed by atoms with Gasteiger partial charge >= 0.3 is 0 Å². The SMILES string of the molecule is CC(=O)c1cccc(OC(C)C(=O)NC(CN)C2CC2)c1.Cl. The van der Waals surface area contributed by atoms with Gasteiger partial charge in [0.1, 0.15) is 5.75 Å². The Kier molecular flexibility index (Phi) is 6.84. The zero-order valence-corrected chi connectivity index (χ0v) is 13.7. The first-order chi connectivity index (χ1) is 10.0. The molecule has 1 aliphatic carbocycles. The highest BCUT2D eigenvalue weighted by atomic mass is 35.5. The van der Waals surface area contributed by atoms with Crippen molar-refractivity contribution in [1.82, 2.24) is 5.32 Å². The highest BCUT2D eigenvalue weighted by Gasteiger charge is 2.32. The molecule has 0 heterocycles. The van der Waals surface area contributed by atoms with E-state index >= 15 is 0 Å². The number of rotatable bonds is 7. The van der Waals surface area contributed by atoms with Crippen molar-refractivity contribution in [2.75, 3.05) is 6.54 Å². The fourth-order valence-corrected chi connectivity index (χ4v) is 2.21. The number of nitrogens with two attached hydrogens (primary N) is 1. The standard InChI is InChI=1S/C16H22N2O3.ClH/c1-10(19)13-4-3-5-14(8-13)21-11(2)16(20)18-15(9-17)12-6-7-12;/h3-5,8,11-12,15H,6-7,9,17H2,1-2H3,(H,18,20);1H. The van der Waals surface area contributed by atoms with Crippen molar-refractivity contribution in [3.63, 3.8) is 0 Å². The fraction of sp³-hybridized carbons (Fsp3) is 0.500. The molecular weight excluding hydrogens is 304 g/mol. The van der Waals surface area contributed by atoms with Gasteiger partial charge in [-0.3, -0.25) is 9.59 Å². The highest BCUT2D eigenvalue weighted by Crippen LogP contribution is 2.32. The van der Waals surface area contributed by atoms with Gasteiger partial charge < -0.3 is 15.8 Å². The van der Waals surface area contributed by atoms with Crippen LogP contribution in [0.1, 0.15) is 37.0 Å². The number of Topliss-reactive ketones (excluding diaryl/α,β-unsaturated/α-hetero) is 1. The number of hydrogen-bond acceptors (Lipinski definition) is 4. The second kappa shape index (κ2) is 8.15. The second-order valence-electron chi connectivity index (χ2n) is 5.53. The smallest absolute Gasteiger partial charge is 0.261 e. The number of nitrogens with one attached hydrogen (secondary N) is 1. The first kappa shape index (κ1) is 18.5. The first-order valence-electron chi connectivity index (χ1n) is 7.29. The molecule has 1 amide bonds. The molecule has 0 radical (unpaired) electrons. The van der Waals surface area contributed by atoms with Crippen molar-refractivity contribution in [1.29, 1.82) is 0 Å². The van der Waals surface area contributed by atoms with E-state index in [1.54, 1.807) is 31.2 Å². The minimum atomic E-state index is -0.625. The molecule has 0 aromatic heterocycles. The summed E-state index contributed by atoms with van der Waals surface area (Å²) in [5.74, 6) is 0.813. The number of halogens is 1. The largest absolute Gasteiger partial charge is 0.481 e. The maximum absolute atomic E-state index is 12.1. The van der Waals surface area contributed by atoms with E-state index in [0.29, 0.717) is 23.8 Å². The van der Waals surface area contributed by atoms with E-state index in [1.807, 2.05) is 0 Å². The van der Waals surface area contributed by atoms with Gasteiger partial charge in [0.25, 0.3) is 5.91 Å². The van der Waals surface area contributed by atoms with Crippen LogP contribution in [0.15, 0.2) is 24.3 Å². The summed E-state index contributed by atoms with van der Waals surface area (Å²) in [4.78, 5) is 23.4. The van der Waals surface area contributed by atoms with Gasteiger partial charge in [-0.25, -0.2) is 0 Å². The van der Waals surface area contributed by atoms with Crippen LogP contribution in [-0.4, -0.2) is 30.4 Å². The summed E-state index contributed by atoms with van der Waals surface area (Å²) >= 11 is 0. The number of carbonyl (C=O) groups excluding carboxylic acids is 2. The van der Waals surface area contributed by atoms with E-state index in [-0.39, 0.29) is 30.1 Å². The van der Waals surface area contributed by atoms with Crippen LogP contribution in [0.5, 0.6) is 5.75 Å². The highest BCUT2D eigenvalue weighted by molar-refractivity contribution is 5.94. The van der Waals surface area contributed by atoms with E-state index in [0.717, 1.165) is 12.8 Å². The van der Waals surface area contributed by atoms with Crippen LogP contribution in [0.25, 0.3) is 0 Å². The summed E-state index contributed by atoms with van der Waals surface area (Å²) in [5.41, 5.74) is 6.24. The van der Waals surface area contributed by atoms with Crippen molar-refractivity contribution in [2.45, 2.75) is 38.8 Å². The molecule has 2 unspecified atom stereocenters. The summed E-state index contributed by atoms with van der Waals surface area (Å²) in [6.45, 7) is 3.63. The van der Waals surface area contributed by atoms with Crippen molar-refractivity contribution in [3.8, 4) is 5.75 Å². The van der Waals surface area contributed by atoms with Crippen LogP contribution in [0.2, 0.25) is 0 Å². The zero-order valence-electron chi connectivity index (χ0n) is 12.9. The van der Waals surface area contributed by atoms with Gasteiger partial charge in [0.15, 0.2) is 11.9 Å². The molecule has 122 valence electrons. The lowest BCUT2D eigenvalue weighted by atomic mass is 10.1. The molecule has 22 heavy (non-hydrogen) atoms. The van der Waals surface area contributed by atoms with Crippen LogP contribution in [-0.2, 0) is 4.79 Å². The molecule has 1 fully saturated rings. The van der Waals surface area contributed by atoms with Crippen molar-refractivity contribution in [2.24, 2.45) is 11.7 Å². The molecule has 6 heteroatoms. The van der Waals surface area contributed by atoms with Crippen molar-refractivity contribution >= 4 is 24.1 Å². The van der Waals surface area contributed by atoms with Crippen LogP contribution in [0.3, 0.4) is 0 Å². The first-order valence-corrected chi connectivity index (χ1v) is 7.29. The zero-order chi connectivity index (χ0) is 15.4. The fourth-order valence-electron chi connectivity index (χ4n) is 2.21. The number of amides is 1. The van der Waals surface area contributed by atoms with Crippen molar-refractivity contribution < 1.29 is 14.3 Å². The Balaban J connectivity index is 0.00000242. The minimum absolute atomic E-state index is 0. The molecular formula is C16H23ClN2O3. The molecule has 1 saturated carbocycles. The molecule has 0 saturated heterocycles. The molecule has 1 aromatic rings. The molecule has 0 bridgehead atoms. The number of carbonyl (C=O) groups is 2. The third-order valence-corrected chi connectivity index (χ3v) is 3.70. The number of ketones is 1. The van der Waals surface area contributed by atoms with Gasteiger partial charge in [0, 0.05) is 18.2 Å². The van der Waals surface area contributed by atoms with Gasteiger partial charge in [-0.2, -0.15) is 0 Å². The molecule has 0 spiro atoms. The van der Waals surface area contributed by atoms with E-state index in [2.05, 4.69) is 5.32 Å². The average Bonchev–Trinajstić information content (AvgIpc) is 3.29. The van der Waals surface area contributed by atoms with E-state index in [9.17, 15) is 9.59 Å². The van der Waals surface area contributed by atoms with Crippen LogP contribution < -0.4 is 15.8 Å². The predicted octanol–water partition coefficient (Wildman–Crippen LogP) is 1.93. The Labute approximate surface area is 137 Å². The molecule has 1 aliphatic rings. The number of ether oxygens (including phenoxy) is 1. The van der Waals surface area contributed by atoms with Gasteiger partial charge in [-0.15, -0.1) is 12.4 Å². The predicted molar refractivity (Wildman–Crippen MR) is 87.5 cm³/mol. The maximum Gasteiger partial charge on any atom is 0.261 e. The van der Waals surface area contributed by atoms with E-state index < -0.39 is 6.10 Å². The Morgan fingerprint density at radius 2 is 2.09 bits per heavy atom. The summed E-state index contributed by atoms with van der Waals surface area (Å²) in [6, 6.07) is 6.87. The second-order valence-corrected chi connectivity index (χ2v) is 5.53. The van der Waals surface area contributed by atoms with Gasteiger partial charge in [-0.05, 0) is 44.7 Å². The third-order valence-electron chi connectivity index (χ3n) is 3.70. The Hall–Kier alpha value is -1.59. The van der Waals surface area contributed by atoms with Gasteiger partial charge in [0.05, 0.1) is 0 Å². The molecule has 3 N–H and O–H groups in total. The van der Waals surface area contributed by atoms with Crippen molar-refractivity contribution in [3.05, 3.63) is 29.8 Å². The van der Waals surface area contributed by atoms with Crippen LogP contribution >= 0.6 is 12.4 Å². The molecule has 0 aliphatic heterocycles. The third kappa shape index (κ3) is 5.00. The Morgan fingerprint density at radius 1 is 1.41 bits per heavy atom. The minimum Gasteiger partial charge on any atom is -0.481 e. The summed E-state index contributed by atoms with van der Waals surface area (Å²) in [7, 11) is 0. The lowest BCUT2D eigenvalue weighted by Gasteiger charge is -2.20. The monoisotopic (exact) mass is 326 g/mol. The summed E-state index contributed by atoms with van der Waals surface area (Å²) < 4.78 is 5.61. The normalized spacial score (nSPS) is 16.1. The van der Waals surface area contributed by atoms with Gasteiger partial charge in [-0.1, -0.05) is 12.1 Å². The molecule has 5 nitrogen and oxygen atoms in total. The molecule has 1 aromatic carbocycles. The average molecular weight is 327 g/mol. The van der Waals surface area contributed by atoms with Crippen LogP contribution in [0.4, 0.5) is 0 Å². The number of benzene rings is 1. The Morgan fingerprint density at radius 3 is 2.64 bits per heavy atom. The summed E-state index contributed by atoms with van der Waals surface area (Å²) in [5, 5.41) is 2.93.